The number of benzene rings is 1. The van der Waals surface area contributed by atoms with Gasteiger partial charge < -0.3 is 10.3 Å². The van der Waals surface area contributed by atoms with Crippen molar-refractivity contribution in [2.75, 3.05) is 0 Å². The summed E-state index contributed by atoms with van der Waals surface area (Å²) in [5.41, 5.74) is 1.80. The predicted octanol–water partition coefficient (Wildman–Crippen LogP) is 1.90. The number of hydrogen-bond acceptors (Lipinski definition) is 2. The Bertz CT molecular complexity index is 491. The van der Waals surface area contributed by atoms with Crippen LogP contribution in [-0.2, 0) is 13.0 Å². The van der Waals surface area contributed by atoms with E-state index < -0.39 is 0 Å². The molecule has 0 bridgehead atoms. The number of nitrogens with one attached hydrogen (secondary N) is 2. The van der Waals surface area contributed by atoms with Crippen molar-refractivity contribution in [3.63, 3.8) is 0 Å². The van der Waals surface area contributed by atoms with Gasteiger partial charge in [0, 0.05) is 18.0 Å². The molecule has 0 saturated carbocycles. The van der Waals surface area contributed by atoms with Crippen LogP contribution in [0, 0.1) is 0 Å². The lowest BCUT2D eigenvalue weighted by atomic mass is 10.0. The molecule has 1 aromatic heterocycles. The Kier molecular flexibility index (Phi) is 3.55. The third-order valence-corrected chi connectivity index (χ3v) is 2.61. The molecule has 1 amide bonds. The summed E-state index contributed by atoms with van der Waals surface area (Å²) in [5, 5.41) is 2.84. The van der Waals surface area contributed by atoms with Gasteiger partial charge in [0.1, 0.15) is 5.82 Å². The number of H-pyrrole nitrogens is 1. The monoisotopic (exact) mass is 229 g/mol. The third kappa shape index (κ3) is 2.72. The first kappa shape index (κ1) is 11.4. The van der Waals surface area contributed by atoms with Gasteiger partial charge in [0.15, 0.2) is 0 Å². The van der Waals surface area contributed by atoms with E-state index in [1.54, 1.807) is 12.4 Å². The fourth-order valence-electron chi connectivity index (χ4n) is 1.70. The third-order valence-electron chi connectivity index (χ3n) is 2.61. The second kappa shape index (κ2) is 5.30. The van der Waals surface area contributed by atoms with Crippen LogP contribution in [0.15, 0.2) is 36.7 Å². The van der Waals surface area contributed by atoms with Crippen molar-refractivity contribution in [1.29, 1.82) is 0 Å². The molecule has 1 aromatic carbocycles. The molecule has 0 radical (unpaired) electrons. The average molecular weight is 229 g/mol. The summed E-state index contributed by atoms with van der Waals surface area (Å²) in [6, 6.07) is 7.64. The van der Waals surface area contributed by atoms with Gasteiger partial charge in [-0.25, -0.2) is 4.98 Å². The Balaban J connectivity index is 2.04. The summed E-state index contributed by atoms with van der Waals surface area (Å²) < 4.78 is 0. The van der Waals surface area contributed by atoms with E-state index in [0.29, 0.717) is 6.54 Å². The molecule has 0 spiro atoms. The van der Waals surface area contributed by atoms with E-state index in [4.69, 9.17) is 0 Å². The van der Waals surface area contributed by atoms with Crippen LogP contribution >= 0.6 is 0 Å². The maximum absolute atomic E-state index is 12.0. The number of carbonyl (C=O) groups is 1. The maximum atomic E-state index is 12.0. The quantitative estimate of drug-likeness (QED) is 0.841. The fraction of sp³-hybridized carbons (Fsp3) is 0.231. The van der Waals surface area contributed by atoms with Crippen molar-refractivity contribution < 1.29 is 4.79 Å². The molecule has 2 rings (SSSR count). The molecule has 0 atom stereocenters. The maximum Gasteiger partial charge on any atom is 0.251 e. The van der Waals surface area contributed by atoms with Crippen LogP contribution in [-0.4, -0.2) is 15.9 Å². The van der Waals surface area contributed by atoms with E-state index in [2.05, 4.69) is 15.3 Å². The summed E-state index contributed by atoms with van der Waals surface area (Å²) in [6.07, 6.45) is 4.26. The van der Waals surface area contributed by atoms with Crippen LogP contribution < -0.4 is 5.32 Å². The van der Waals surface area contributed by atoms with Gasteiger partial charge in [-0.05, 0) is 18.1 Å². The number of aromatic nitrogens is 2. The molecule has 4 nitrogen and oxygen atoms in total. The Morgan fingerprint density at radius 3 is 2.94 bits per heavy atom. The summed E-state index contributed by atoms with van der Waals surface area (Å²) >= 11 is 0. The number of aromatic amines is 1. The highest BCUT2D eigenvalue weighted by Crippen LogP contribution is 2.09. The summed E-state index contributed by atoms with van der Waals surface area (Å²) in [6.45, 7) is 2.46. The van der Waals surface area contributed by atoms with Crippen molar-refractivity contribution >= 4 is 5.91 Å². The van der Waals surface area contributed by atoms with E-state index in [9.17, 15) is 4.79 Å². The zero-order valence-electron chi connectivity index (χ0n) is 9.73. The van der Waals surface area contributed by atoms with Crippen molar-refractivity contribution in [3.8, 4) is 0 Å². The number of carbonyl (C=O) groups excluding carboxylic acids is 1. The number of hydrogen-bond donors (Lipinski definition) is 2. The van der Waals surface area contributed by atoms with Crippen LogP contribution in [0.1, 0.15) is 28.7 Å². The van der Waals surface area contributed by atoms with Crippen molar-refractivity contribution in [2.24, 2.45) is 0 Å². The van der Waals surface area contributed by atoms with Crippen LogP contribution in [0.5, 0.6) is 0 Å². The van der Waals surface area contributed by atoms with Crippen molar-refractivity contribution in [1.82, 2.24) is 15.3 Å². The smallest absolute Gasteiger partial charge is 0.251 e. The van der Waals surface area contributed by atoms with E-state index in [0.717, 1.165) is 23.4 Å². The van der Waals surface area contributed by atoms with Crippen LogP contribution in [0.4, 0.5) is 0 Å². The Hall–Kier alpha value is -2.10. The lowest BCUT2D eigenvalue weighted by Gasteiger charge is -2.07. The first-order valence-electron chi connectivity index (χ1n) is 5.65. The van der Waals surface area contributed by atoms with Crippen molar-refractivity contribution in [3.05, 3.63) is 53.6 Å². The molecule has 0 aliphatic carbocycles. The summed E-state index contributed by atoms with van der Waals surface area (Å²) in [5.74, 6) is 0.700. The van der Waals surface area contributed by atoms with Crippen LogP contribution in [0.2, 0.25) is 0 Å². The number of aryl methyl sites for hydroxylation is 1. The molecule has 0 saturated heterocycles. The predicted molar refractivity (Wildman–Crippen MR) is 65.6 cm³/mol. The van der Waals surface area contributed by atoms with Gasteiger partial charge in [-0.1, -0.05) is 25.1 Å². The molecule has 0 fully saturated rings. The fourth-order valence-corrected chi connectivity index (χ4v) is 1.70. The molecule has 0 unspecified atom stereocenters. The Morgan fingerprint density at radius 1 is 1.41 bits per heavy atom. The molecule has 2 aromatic rings. The zero-order valence-corrected chi connectivity index (χ0v) is 9.73. The lowest BCUT2D eigenvalue weighted by molar-refractivity contribution is 0.0949. The number of rotatable bonds is 4. The van der Waals surface area contributed by atoms with Gasteiger partial charge in [-0.2, -0.15) is 0 Å². The molecular weight excluding hydrogens is 214 g/mol. The molecule has 88 valence electrons. The van der Waals surface area contributed by atoms with E-state index in [-0.39, 0.29) is 5.91 Å². The largest absolute Gasteiger partial charge is 0.347 e. The highest BCUT2D eigenvalue weighted by atomic mass is 16.1. The molecule has 1 heterocycles. The standard InChI is InChI=1S/C13H15N3O/c1-2-10-5-3-4-6-11(10)13(17)16-9-12-14-7-8-15-12/h3-8H,2,9H2,1H3,(H,14,15)(H,16,17). The Labute approximate surface area is 100 Å². The minimum atomic E-state index is -0.0566. The van der Waals surface area contributed by atoms with Gasteiger partial charge in [-0.15, -0.1) is 0 Å². The summed E-state index contributed by atoms with van der Waals surface area (Å²) in [7, 11) is 0. The normalized spacial score (nSPS) is 10.2. The number of nitrogens with zero attached hydrogens (tertiary/aromatic N) is 1. The van der Waals surface area contributed by atoms with Gasteiger partial charge in [0.05, 0.1) is 6.54 Å². The molecule has 4 heteroatoms. The molecule has 0 aliphatic heterocycles. The first-order chi connectivity index (χ1) is 8.31. The van der Waals surface area contributed by atoms with Gasteiger partial charge in [0.25, 0.3) is 5.91 Å². The van der Waals surface area contributed by atoms with Gasteiger partial charge >= 0.3 is 0 Å². The number of amides is 1. The zero-order chi connectivity index (χ0) is 12.1. The van der Waals surface area contributed by atoms with Gasteiger partial charge in [-0.3, -0.25) is 4.79 Å². The van der Waals surface area contributed by atoms with E-state index in [1.807, 2.05) is 31.2 Å². The highest BCUT2D eigenvalue weighted by Gasteiger charge is 2.09. The van der Waals surface area contributed by atoms with Crippen molar-refractivity contribution in [2.45, 2.75) is 19.9 Å². The first-order valence-corrected chi connectivity index (χ1v) is 5.65. The van der Waals surface area contributed by atoms with Gasteiger partial charge in [0.2, 0.25) is 0 Å². The van der Waals surface area contributed by atoms with Crippen LogP contribution in [0.3, 0.4) is 0 Å². The number of imidazole rings is 1. The topological polar surface area (TPSA) is 57.8 Å². The lowest BCUT2D eigenvalue weighted by Crippen LogP contribution is -2.24. The average Bonchev–Trinajstić information content (AvgIpc) is 2.89. The van der Waals surface area contributed by atoms with E-state index in [1.165, 1.54) is 0 Å². The molecular formula is C13H15N3O. The molecule has 2 N–H and O–H groups in total. The Morgan fingerprint density at radius 2 is 2.24 bits per heavy atom. The highest BCUT2D eigenvalue weighted by molar-refractivity contribution is 5.95. The minimum Gasteiger partial charge on any atom is -0.347 e. The minimum absolute atomic E-state index is 0.0566. The SMILES string of the molecule is CCc1ccccc1C(=O)NCc1ncc[nH]1. The second-order valence-electron chi connectivity index (χ2n) is 3.73. The summed E-state index contributed by atoms with van der Waals surface area (Å²) in [4.78, 5) is 19.0. The molecule has 0 aliphatic rings. The van der Waals surface area contributed by atoms with E-state index >= 15 is 0 Å². The second-order valence-corrected chi connectivity index (χ2v) is 3.73. The van der Waals surface area contributed by atoms with Crippen LogP contribution in [0.25, 0.3) is 0 Å². The molecule has 17 heavy (non-hydrogen) atoms.